The molecule has 0 fully saturated rings. The van der Waals surface area contributed by atoms with E-state index in [0.29, 0.717) is 0 Å². The van der Waals surface area contributed by atoms with Crippen LogP contribution in [0.3, 0.4) is 0 Å². The Kier molecular flexibility index (Phi) is 240. The minimum absolute atomic E-state index is 1.17. The summed E-state index contributed by atoms with van der Waals surface area (Å²) < 4.78 is 16.2. The summed E-state index contributed by atoms with van der Waals surface area (Å²) in [6, 6.07) is 0. The SMILES string of the molecule is O=P.[O]=[Al]. The first kappa shape index (κ1) is 8.83. The van der Waals surface area contributed by atoms with E-state index in [4.69, 9.17) is 8.37 Å². The zero-order valence-corrected chi connectivity index (χ0v) is 4.05. The van der Waals surface area contributed by atoms with E-state index in [9.17, 15) is 0 Å². The summed E-state index contributed by atoms with van der Waals surface area (Å²) in [6.45, 7) is 0. The molecule has 1 radical (unpaired) electrons. The molecule has 2 nitrogen and oxygen atoms in total. The molecular weight excluding hydrogens is 90.0 g/mol. The van der Waals surface area contributed by atoms with Crippen LogP contribution in [-0.4, -0.2) is 16.2 Å². The summed E-state index contributed by atoms with van der Waals surface area (Å²) in [5.41, 5.74) is 0. The van der Waals surface area contributed by atoms with Gasteiger partial charge >= 0.3 is 20.0 Å². The van der Waals surface area contributed by atoms with Crippen molar-refractivity contribution < 1.29 is 8.37 Å². The first-order valence-electron chi connectivity index (χ1n) is 0.440. The van der Waals surface area contributed by atoms with Crippen LogP contribution >= 0.6 is 9.12 Å². The van der Waals surface area contributed by atoms with Crippen LogP contribution in [0.5, 0.6) is 0 Å². The van der Waals surface area contributed by atoms with Gasteiger partial charge in [-0.2, -0.15) is 0 Å². The molecule has 0 aromatic heterocycles. The number of hydrogen-bond donors (Lipinski definition) is 0. The Bertz CT molecular complexity index is 8.00. The van der Waals surface area contributed by atoms with Crippen LogP contribution < -0.4 is 0 Å². The molecule has 0 aromatic rings. The van der Waals surface area contributed by atoms with Gasteiger partial charge in [0.2, 0.25) is 0 Å². The van der Waals surface area contributed by atoms with Crippen molar-refractivity contribution in [3.63, 3.8) is 0 Å². The van der Waals surface area contributed by atoms with E-state index in [1.54, 1.807) is 9.12 Å². The molecule has 0 aliphatic rings. The molecule has 0 rings (SSSR count). The van der Waals surface area contributed by atoms with E-state index in [2.05, 4.69) is 0 Å². The van der Waals surface area contributed by atoms with Crippen LogP contribution in [0.15, 0.2) is 0 Å². The van der Waals surface area contributed by atoms with Crippen LogP contribution in [0.1, 0.15) is 0 Å². The number of hydrogen-bond acceptors (Lipinski definition) is 2. The van der Waals surface area contributed by atoms with Gasteiger partial charge in [0.25, 0.3) is 0 Å². The topological polar surface area (TPSA) is 34.1 Å². The van der Waals surface area contributed by atoms with Gasteiger partial charge in [0.1, 0.15) is 9.12 Å². The molecule has 0 N–H and O–H groups in total. The summed E-state index contributed by atoms with van der Waals surface area (Å²) >= 11 is 1.17. The first-order valence-corrected chi connectivity index (χ1v) is 1.32. The molecule has 0 unspecified atom stereocenters. The summed E-state index contributed by atoms with van der Waals surface area (Å²) in [7, 11) is 1.72. The van der Waals surface area contributed by atoms with Crippen molar-refractivity contribution >= 4 is 25.3 Å². The molecule has 0 aliphatic heterocycles. The molecule has 0 heterocycles. The van der Waals surface area contributed by atoms with Crippen molar-refractivity contribution in [1.29, 1.82) is 0 Å². The Morgan fingerprint density at radius 1 is 1.25 bits per heavy atom. The van der Waals surface area contributed by atoms with Crippen LogP contribution in [0.4, 0.5) is 0 Å². The summed E-state index contributed by atoms with van der Waals surface area (Å²) in [4.78, 5) is 0. The molecule has 0 bridgehead atoms. The molecular formula is HAlO2P. The molecule has 0 aliphatic carbocycles. The molecule has 0 saturated carbocycles. The molecule has 0 aromatic carbocycles. The Hall–Kier alpha value is 0.432. The fourth-order valence-corrected chi connectivity index (χ4v) is 0. The Morgan fingerprint density at radius 2 is 1.25 bits per heavy atom. The van der Waals surface area contributed by atoms with Gasteiger partial charge in [-0.1, -0.05) is 0 Å². The molecule has 0 spiro atoms. The fourth-order valence-electron chi connectivity index (χ4n) is 0. The van der Waals surface area contributed by atoms with Crippen LogP contribution in [0, 0.1) is 0 Å². The average Bonchev–Trinajstić information content (AvgIpc) is 1.50. The predicted molar refractivity (Wildman–Crippen MR) is 15.4 cm³/mol. The normalized spacial score (nSPS) is 1.75. The van der Waals surface area contributed by atoms with Gasteiger partial charge in [0, 0.05) is 0 Å². The first-order chi connectivity index (χ1) is 2.00. The van der Waals surface area contributed by atoms with E-state index in [1.807, 2.05) is 0 Å². The van der Waals surface area contributed by atoms with Gasteiger partial charge in [-0.15, -0.1) is 0 Å². The van der Waals surface area contributed by atoms with Crippen LogP contribution in [-0.2, 0) is 8.37 Å². The van der Waals surface area contributed by atoms with Gasteiger partial charge in [0.05, 0.1) is 0 Å². The van der Waals surface area contributed by atoms with Gasteiger partial charge in [-0.25, -0.2) is 0 Å². The molecule has 4 heteroatoms. The zero-order chi connectivity index (χ0) is 4.00. The van der Waals surface area contributed by atoms with E-state index < -0.39 is 0 Å². The summed E-state index contributed by atoms with van der Waals surface area (Å²) in [5, 5.41) is 0. The standard InChI is InChI=1S/Al.HOP.O/c;1-2;/h;2H;. The maximum absolute atomic E-state index is 8.17. The van der Waals surface area contributed by atoms with Crippen LogP contribution in [0.25, 0.3) is 0 Å². The molecule has 0 saturated heterocycles. The zero-order valence-electron chi connectivity index (χ0n) is 1.89. The van der Waals surface area contributed by atoms with E-state index in [0.717, 1.165) is 0 Å². The van der Waals surface area contributed by atoms with Gasteiger partial charge in [-0.3, -0.25) is 4.57 Å². The van der Waals surface area contributed by atoms with Gasteiger partial charge < -0.3 is 0 Å². The second-order valence-electron chi connectivity index (χ2n) is 0. The molecule has 0 amide bonds. The Balaban J connectivity index is 0. The van der Waals surface area contributed by atoms with Gasteiger partial charge in [0.15, 0.2) is 0 Å². The fraction of sp³-hybridized carbons (Fsp3) is 0. The van der Waals surface area contributed by atoms with E-state index in [1.165, 1.54) is 16.2 Å². The third kappa shape index (κ3) is 26.7. The quantitative estimate of drug-likeness (QED) is 0.310. The predicted octanol–water partition coefficient (Wildman–Crippen LogP) is -0.0249. The van der Waals surface area contributed by atoms with Crippen molar-refractivity contribution in [2.45, 2.75) is 0 Å². The van der Waals surface area contributed by atoms with E-state index >= 15 is 0 Å². The Labute approximate surface area is 34.5 Å². The molecule has 4 heavy (non-hydrogen) atoms. The van der Waals surface area contributed by atoms with E-state index in [-0.39, 0.29) is 0 Å². The van der Waals surface area contributed by atoms with Crippen molar-refractivity contribution in [1.82, 2.24) is 0 Å². The maximum atomic E-state index is 8.17. The van der Waals surface area contributed by atoms with Gasteiger partial charge in [-0.05, 0) is 0 Å². The van der Waals surface area contributed by atoms with Crippen molar-refractivity contribution in [2.75, 3.05) is 0 Å². The minimum atomic E-state index is 1.17. The van der Waals surface area contributed by atoms with Crippen molar-refractivity contribution in [3.8, 4) is 0 Å². The second kappa shape index (κ2) is 109. The number of rotatable bonds is 0. The molecule has 0 atom stereocenters. The summed E-state index contributed by atoms with van der Waals surface area (Å²) in [5.74, 6) is 0. The Morgan fingerprint density at radius 3 is 1.25 bits per heavy atom. The second-order valence-corrected chi connectivity index (χ2v) is 0. The van der Waals surface area contributed by atoms with Crippen LogP contribution in [0.2, 0.25) is 0 Å². The third-order valence-electron chi connectivity index (χ3n) is 0. The third-order valence-corrected chi connectivity index (χ3v) is 0. The molecule has 21 valence electrons. The monoisotopic (exact) mass is 91.0 g/mol. The summed E-state index contributed by atoms with van der Waals surface area (Å²) in [6.07, 6.45) is 0. The van der Waals surface area contributed by atoms with Crippen molar-refractivity contribution in [3.05, 3.63) is 0 Å². The van der Waals surface area contributed by atoms with Crippen molar-refractivity contribution in [2.24, 2.45) is 0 Å². The average molecular weight is 91.0 g/mol.